The summed E-state index contributed by atoms with van der Waals surface area (Å²) in [5.41, 5.74) is 15.9. The predicted molar refractivity (Wildman–Crippen MR) is 225 cm³/mol. The molecule has 0 N–H and O–H groups in total. The van der Waals surface area contributed by atoms with Crippen LogP contribution < -0.4 is 0 Å². The lowest BCUT2D eigenvalue weighted by Crippen LogP contribution is -2.20. The Hall–Kier alpha value is -6.78. The molecule has 7 aromatic carbocycles. The van der Waals surface area contributed by atoms with E-state index in [0.717, 1.165) is 55.7 Å². The highest BCUT2D eigenvalue weighted by atomic mass is 16.3. The number of furan rings is 1. The van der Waals surface area contributed by atoms with Crippen molar-refractivity contribution in [1.29, 1.82) is 0 Å². The minimum atomic E-state index is 0.0940. The van der Waals surface area contributed by atoms with E-state index >= 15 is 0 Å². The lowest BCUT2D eigenvalue weighted by Gasteiger charge is -2.26. The molecule has 0 radical (unpaired) electrons. The van der Waals surface area contributed by atoms with Crippen LogP contribution in [0.25, 0.3) is 94.5 Å². The molecule has 2 aliphatic carbocycles. The maximum atomic E-state index is 6.30. The smallest absolute Gasteiger partial charge is 0.160 e. The molecule has 55 heavy (non-hydrogen) atoms. The van der Waals surface area contributed by atoms with Crippen LogP contribution in [0.15, 0.2) is 168 Å². The molecule has 0 atom stereocenters. The molecule has 4 heteroatoms. The standard InChI is InChI=1S/C51H35N3O/c1-2-13-32(14-3-1)44-31-45(33-23-24-39-38-19-6-9-22-48(38)55-49(39)28-33)53-50(52-44)34-15-12-16-35(27-34)54-46-21-8-5-18-37(46)41-29-40-36-17-4-7-20-42(36)51(25-10-11-26-51)43(40)30-47(41)54/h1-9,12-24,27-31H,10-11,25-26H2. The summed E-state index contributed by atoms with van der Waals surface area (Å²) in [6, 6.07) is 58.8. The van der Waals surface area contributed by atoms with E-state index in [0.29, 0.717) is 5.82 Å². The van der Waals surface area contributed by atoms with Crippen LogP contribution in [0.4, 0.5) is 0 Å². The van der Waals surface area contributed by atoms with Crippen LogP contribution in [-0.2, 0) is 5.41 Å². The minimum absolute atomic E-state index is 0.0940. The number of para-hydroxylation sites is 2. The number of benzene rings is 7. The second-order valence-electron chi connectivity index (χ2n) is 15.3. The van der Waals surface area contributed by atoms with Gasteiger partial charge in [0, 0.05) is 49.3 Å². The van der Waals surface area contributed by atoms with Crippen LogP contribution in [0, 0.1) is 0 Å². The zero-order valence-electron chi connectivity index (χ0n) is 30.2. The summed E-state index contributed by atoms with van der Waals surface area (Å²) in [6.07, 6.45) is 4.96. The Labute approximate surface area is 318 Å². The third-order valence-corrected chi connectivity index (χ3v) is 12.4. The van der Waals surface area contributed by atoms with E-state index in [4.69, 9.17) is 14.4 Å². The van der Waals surface area contributed by atoms with E-state index in [1.807, 2.05) is 18.2 Å². The quantitative estimate of drug-likeness (QED) is 0.183. The molecule has 0 amide bonds. The SMILES string of the molecule is c1ccc(-c2cc(-c3ccc4c(c3)oc3ccccc34)nc(-c3cccc(-n4c5ccccc5c5cc6c(cc54)C4(CCCC4)c4ccccc4-6)c3)n2)cc1. The van der Waals surface area contributed by atoms with Crippen molar-refractivity contribution >= 4 is 43.7 Å². The summed E-state index contributed by atoms with van der Waals surface area (Å²) in [5.74, 6) is 0.685. The summed E-state index contributed by atoms with van der Waals surface area (Å²) in [6.45, 7) is 0. The number of fused-ring (bicyclic) bond motifs is 11. The molecule has 10 aromatic rings. The first-order valence-corrected chi connectivity index (χ1v) is 19.4. The number of nitrogens with zero attached hydrogens (tertiary/aromatic N) is 3. The molecule has 4 nitrogen and oxygen atoms in total. The third kappa shape index (κ3) is 4.52. The fourth-order valence-electron chi connectivity index (χ4n) is 9.86. The van der Waals surface area contributed by atoms with Crippen molar-refractivity contribution in [3.05, 3.63) is 175 Å². The first-order chi connectivity index (χ1) is 27.2. The Bertz CT molecular complexity index is 3160. The van der Waals surface area contributed by atoms with Gasteiger partial charge in [0.15, 0.2) is 5.82 Å². The second-order valence-corrected chi connectivity index (χ2v) is 15.3. The van der Waals surface area contributed by atoms with E-state index in [1.54, 1.807) is 0 Å². The van der Waals surface area contributed by atoms with E-state index in [-0.39, 0.29) is 5.41 Å². The Balaban J connectivity index is 1.05. The van der Waals surface area contributed by atoms with E-state index in [1.165, 1.54) is 69.7 Å². The van der Waals surface area contributed by atoms with Gasteiger partial charge in [0.25, 0.3) is 0 Å². The second kappa shape index (κ2) is 11.6. The van der Waals surface area contributed by atoms with Gasteiger partial charge in [0.1, 0.15) is 11.2 Å². The fourth-order valence-corrected chi connectivity index (χ4v) is 9.86. The first-order valence-electron chi connectivity index (χ1n) is 19.4. The maximum absolute atomic E-state index is 6.30. The average Bonchev–Trinajstić information content (AvgIpc) is 4.02. The lowest BCUT2D eigenvalue weighted by molar-refractivity contribution is 0.550. The molecule has 3 heterocycles. The van der Waals surface area contributed by atoms with Gasteiger partial charge in [0.05, 0.1) is 22.4 Å². The third-order valence-electron chi connectivity index (χ3n) is 12.4. The molecule has 0 bridgehead atoms. The van der Waals surface area contributed by atoms with Gasteiger partial charge in [-0.1, -0.05) is 122 Å². The number of hydrogen-bond donors (Lipinski definition) is 0. The van der Waals surface area contributed by atoms with Crippen molar-refractivity contribution in [3.63, 3.8) is 0 Å². The van der Waals surface area contributed by atoms with Crippen LogP contribution in [0.3, 0.4) is 0 Å². The Morgan fingerprint density at radius 1 is 0.455 bits per heavy atom. The monoisotopic (exact) mass is 705 g/mol. The molecular formula is C51H35N3O. The average molecular weight is 706 g/mol. The van der Waals surface area contributed by atoms with Gasteiger partial charge in [-0.3, -0.25) is 0 Å². The van der Waals surface area contributed by atoms with Crippen molar-refractivity contribution in [3.8, 4) is 50.7 Å². The van der Waals surface area contributed by atoms with E-state index in [9.17, 15) is 0 Å². The van der Waals surface area contributed by atoms with Gasteiger partial charge in [-0.25, -0.2) is 9.97 Å². The highest BCUT2D eigenvalue weighted by Crippen LogP contribution is 2.58. The van der Waals surface area contributed by atoms with Gasteiger partial charge in [-0.2, -0.15) is 0 Å². The molecule has 1 saturated carbocycles. The van der Waals surface area contributed by atoms with Crippen LogP contribution in [0.2, 0.25) is 0 Å². The number of aromatic nitrogens is 3. The van der Waals surface area contributed by atoms with Crippen molar-refractivity contribution in [2.75, 3.05) is 0 Å². The Kier molecular flexibility index (Phi) is 6.47. The molecule has 0 aliphatic heterocycles. The zero-order valence-corrected chi connectivity index (χ0v) is 30.2. The summed E-state index contributed by atoms with van der Waals surface area (Å²) < 4.78 is 8.76. The number of hydrogen-bond acceptors (Lipinski definition) is 3. The molecular weight excluding hydrogens is 671 g/mol. The molecule has 1 spiro atoms. The summed E-state index contributed by atoms with van der Waals surface area (Å²) in [7, 11) is 0. The molecule has 3 aromatic heterocycles. The van der Waals surface area contributed by atoms with E-state index in [2.05, 4.69) is 150 Å². The highest BCUT2D eigenvalue weighted by molar-refractivity contribution is 6.12. The Morgan fingerprint density at radius 3 is 2.07 bits per heavy atom. The van der Waals surface area contributed by atoms with Crippen LogP contribution >= 0.6 is 0 Å². The van der Waals surface area contributed by atoms with Gasteiger partial charge in [-0.15, -0.1) is 0 Å². The molecule has 260 valence electrons. The molecule has 2 aliphatic rings. The summed E-state index contributed by atoms with van der Waals surface area (Å²) in [4.78, 5) is 10.5. The fraction of sp³-hybridized carbons (Fsp3) is 0.0980. The Morgan fingerprint density at radius 2 is 1.18 bits per heavy atom. The molecule has 0 unspecified atom stereocenters. The van der Waals surface area contributed by atoms with E-state index < -0.39 is 0 Å². The van der Waals surface area contributed by atoms with Gasteiger partial charge in [0.2, 0.25) is 0 Å². The molecule has 12 rings (SSSR count). The maximum Gasteiger partial charge on any atom is 0.160 e. The normalized spacial score (nSPS) is 14.4. The van der Waals surface area contributed by atoms with Crippen molar-refractivity contribution in [2.45, 2.75) is 31.1 Å². The first kappa shape index (κ1) is 30.7. The summed E-state index contributed by atoms with van der Waals surface area (Å²) >= 11 is 0. The lowest BCUT2D eigenvalue weighted by atomic mass is 9.76. The van der Waals surface area contributed by atoms with Crippen molar-refractivity contribution < 1.29 is 4.42 Å². The van der Waals surface area contributed by atoms with Crippen LogP contribution in [-0.4, -0.2) is 14.5 Å². The molecule has 0 saturated heterocycles. The largest absolute Gasteiger partial charge is 0.456 e. The highest BCUT2D eigenvalue weighted by Gasteiger charge is 2.45. The van der Waals surface area contributed by atoms with Crippen LogP contribution in [0.5, 0.6) is 0 Å². The van der Waals surface area contributed by atoms with Gasteiger partial charge < -0.3 is 8.98 Å². The topological polar surface area (TPSA) is 43.9 Å². The van der Waals surface area contributed by atoms with Gasteiger partial charge >= 0.3 is 0 Å². The van der Waals surface area contributed by atoms with Crippen LogP contribution in [0.1, 0.15) is 36.8 Å². The van der Waals surface area contributed by atoms with Gasteiger partial charge in [-0.05, 0) is 89.7 Å². The number of rotatable bonds is 4. The summed E-state index contributed by atoms with van der Waals surface area (Å²) in [5, 5.41) is 4.77. The van der Waals surface area contributed by atoms with Crippen molar-refractivity contribution in [2.24, 2.45) is 0 Å². The minimum Gasteiger partial charge on any atom is -0.456 e. The predicted octanol–water partition coefficient (Wildman–Crippen LogP) is 13.3. The zero-order chi connectivity index (χ0) is 36.1. The molecule has 1 fully saturated rings. The van der Waals surface area contributed by atoms with Crippen molar-refractivity contribution in [1.82, 2.24) is 14.5 Å².